The molecule has 2 aromatic carbocycles. The van der Waals surface area contributed by atoms with Gasteiger partial charge in [-0.15, -0.1) is 0 Å². The molecule has 0 radical (unpaired) electrons. The Labute approximate surface area is 191 Å². The van der Waals surface area contributed by atoms with Gasteiger partial charge in [-0.1, -0.05) is 6.92 Å². The molecule has 2 atom stereocenters. The molecule has 1 saturated heterocycles. The van der Waals surface area contributed by atoms with Gasteiger partial charge in [0.1, 0.15) is 11.6 Å². The van der Waals surface area contributed by atoms with Crippen LogP contribution in [0.5, 0.6) is 5.75 Å². The molecule has 1 aliphatic rings. The first-order valence-electron chi connectivity index (χ1n) is 10.7. The topological polar surface area (TPSA) is 102 Å². The van der Waals surface area contributed by atoms with E-state index in [1.165, 1.54) is 34.6 Å². The Morgan fingerprint density at radius 3 is 2.55 bits per heavy atom. The van der Waals surface area contributed by atoms with E-state index in [4.69, 9.17) is 4.74 Å². The second-order valence-electron chi connectivity index (χ2n) is 8.63. The zero-order chi connectivity index (χ0) is 23.9. The summed E-state index contributed by atoms with van der Waals surface area (Å²) in [4.78, 5) is 11.4. The van der Waals surface area contributed by atoms with E-state index in [9.17, 15) is 22.7 Å². The summed E-state index contributed by atoms with van der Waals surface area (Å²) < 4.78 is 49.1. The summed E-state index contributed by atoms with van der Waals surface area (Å²) in [5.74, 6) is -1.04. The molecule has 1 N–H and O–H groups in total. The van der Waals surface area contributed by atoms with E-state index < -0.39 is 21.8 Å². The molecular weight excluding hydrogens is 449 g/mol. The molecule has 1 fully saturated rings. The van der Waals surface area contributed by atoms with Crippen molar-refractivity contribution in [2.45, 2.75) is 44.2 Å². The third kappa shape index (κ3) is 4.58. The Bertz CT molecular complexity index is 1290. The van der Waals surface area contributed by atoms with Crippen molar-refractivity contribution in [3.63, 3.8) is 0 Å². The fraction of sp³-hybridized carbons (Fsp3) is 0.391. The Morgan fingerprint density at radius 1 is 1.21 bits per heavy atom. The number of hydrogen-bond donors (Lipinski definition) is 1. The number of hydrogen-bond acceptors (Lipinski definition) is 5. The summed E-state index contributed by atoms with van der Waals surface area (Å²) in [6.45, 7) is 6.10. The summed E-state index contributed by atoms with van der Waals surface area (Å²) in [5, 5.41) is 14.2. The molecule has 0 saturated carbocycles. The number of nitrogens with zero attached hydrogens (tertiary/aromatic N) is 3. The predicted molar refractivity (Wildman–Crippen MR) is 120 cm³/mol. The van der Waals surface area contributed by atoms with Crippen molar-refractivity contribution in [3.05, 3.63) is 54.0 Å². The molecule has 4 rings (SSSR count). The van der Waals surface area contributed by atoms with Crippen LogP contribution in [0.25, 0.3) is 10.9 Å². The molecule has 0 unspecified atom stereocenters. The highest BCUT2D eigenvalue weighted by Gasteiger charge is 2.39. The fourth-order valence-electron chi connectivity index (χ4n) is 4.23. The highest BCUT2D eigenvalue weighted by molar-refractivity contribution is 7.89. The van der Waals surface area contributed by atoms with Crippen LogP contribution in [-0.4, -0.2) is 52.8 Å². The Hall–Kier alpha value is -2.98. The summed E-state index contributed by atoms with van der Waals surface area (Å²) in [6.07, 6.45) is -0.323. The van der Waals surface area contributed by atoms with Crippen LogP contribution in [-0.2, 0) is 21.2 Å². The summed E-state index contributed by atoms with van der Waals surface area (Å²) in [6, 6.07) is 10.0. The lowest BCUT2D eigenvalue weighted by Crippen LogP contribution is -2.29. The van der Waals surface area contributed by atoms with Crippen molar-refractivity contribution in [1.82, 2.24) is 14.1 Å². The molecule has 33 heavy (non-hydrogen) atoms. The highest BCUT2D eigenvalue weighted by atomic mass is 32.2. The van der Waals surface area contributed by atoms with Crippen LogP contribution >= 0.6 is 0 Å². The maximum Gasteiger partial charge on any atom is 0.309 e. The maximum atomic E-state index is 14.0. The zero-order valence-corrected chi connectivity index (χ0v) is 19.4. The van der Waals surface area contributed by atoms with Gasteiger partial charge in [-0.05, 0) is 62.2 Å². The first-order chi connectivity index (χ1) is 15.6. The molecule has 0 aliphatic carbocycles. The van der Waals surface area contributed by atoms with Crippen LogP contribution in [0.3, 0.4) is 0 Å². The van der Waals surface area contributed by atoms with Gasteiger partial charge < -0.3 is 9.84 Å². The summed E-state index contributed by atoms with van der Waals surface area (Å²) in [5.41, 5.74) is 0.782. The Kier molecular flexibility index (Phi) is 6.15. The minimum atomic E-state index is -3.76. The first-order valence-corrected chi connectivity index (χ1v) is 12.2. The number of aromatic nitrogens is 2. The maximum absolute atomic E-state index is 14.0. The van der Waals surface area contributed by atoms with Crippen LogP contribution in [0.4, 0.5) is 4.39 Å². The normalized spacial score (nSPS) is 19.4. The number of fused-ring (bicyclic) bond motifs is 1. The van der Waals surface area contributed by atoms with Gasteiger partial charge in [-0.2, -0.15) is 9.40 Å². The number of benzene rings is 2. The Balaban J connectivity index is 1.64. The van der Waals surface area contributed by atoms with Gasteiger partial charge in [-0.3, -0.25) is 9.48 Å². The second-order valence-corrected chi connectivity index (χ2v) is 10.6. The lowest BCUT2D eigenvalue weighted by Gasteiger charge is -2.18. The summed E-state index contributed by atoms with van der Waals surface area (Å²) in [7, 11) is -3.76. The molecule has 1 aliphatic heterocycles. The predicted octanol–water partition coefficient (Wildman–Crippen LogP) is 3.47. The number of carboxylic acids is 1. The van der Waals surface area contributed by atoms with Gasteiger partial charge >= 0.3 is 5.97 Å². The lowest BCUT2D eigenvalue weighted by molar-refractivity contribution is -0.136. The van der Waals surface area contributed by atoms with E-state index in [1.54, 1.807) is 16.8 Å². The van der Waals surface area contributed by atoms with Crippen molar-refractivity contribution in [2.24, 2.45) is 5.92 Å². The molecule has 10 heteroatoms. The lowest BCUT2D eigenvalue weighted by atomic mass is 10.1. The van der Waals surface area contributed by atoms with Crippen molar-refractivity contribution in [2.75, 3.05) is 13.1 Å². The van der Waals surface area contributed by atoms with Gasteiger partial charge in [0.25, 0.3) is 0 Å². The van der Waals surface area contributed by atoms with Crippen molar-refractivity contribution in [3.8, 4) is 5.75 Å². The molecule has 1 aromatic heterocycles. The largest absolute Gasteiger partial charge is 0.491 e. The zero-order valence-electron chi connectivity index (χ0n) is 18.6. The van der Waals surface area contributed by atoms with Crippen molar-refractivity contribution >= 4 is 26.9 Å². The molecule has 0 spiro atoms. The fourth-order valence-corrected chi connectivity index (χ4v) is 5.79. The number of carboxylic acid groups (broad SMARTS) is 1. The van der Waals surface area contributed by atoms with E-state index in [1.807, 2.05) is 20.8 Å². The van der Waals surface area contributed by atoms with Gasteiger partial charge in [-0.25, -0.2) is 12.8 Å². The molecule has 3 aromatic rings. The average Bonchev–Trinajstić information content (AvgIpc) is 3.28. The average molecular weight is 476 g/mol. The van der Waals surface area contributed by atoms with E-state index in [-0.39, 0.29) is 42.5 Å². The number of carbonyl (C=O) groups is 1. The van der Waals surface area contributed by atoms with Gasteiger partial charge in [0, 0.05) is 18.5 Å². The number of aliphatic carboxylic acids is 1. The smallest absolute Gasteiger partial charge is 0.309 e. The van der Waals surface area contributed by atoms with E-state index in [0.717, 1.165) is 0 Å². The van der Waals surface area contributed by atoms with E-state index in [0.29, 0.717) is 22.3 Å². The molecule has 2 heterocycles. The molecule has 176 valence electrons. The minimum absolute atomic E-state index is 0.0209. The standard InChI is InChI=1S/C23H26FN3O5S/c1-14(2)32-17-5-7-18(8-6-17)33(30,31)26-12-15(3)22(13-26)27-21-10-16(24)4-9-19(21)20(25-27)11-23(28)29/h4-10,14-15,22H,11-13H2,1-3H3,(H,28,29)/t15-,22+/m0/s1. The number of sulfonamides is 1. The SMILES string of the molecule is CC(C)Oc1ccc(S(=O)(=O)N2C[C@@H](n3nc(CC(=O)O)c4ccc(F)cc43)[C@@H](C)C2)cc1. The number of rotatable bonds is 7. The second kappa shape index (κ2) is 8.75. The molecule has 0 bridgehead atoms. The molecular formula is C23H26FN3O5S. The van der Waals surface area contributed by atoms with E-state index >= 15 is 0 Å². The third-order valence-electron chi connectivity index (χ3n) is 5.75. The van der Waals surface area contributed by atoms with Crippen molar-refractivity contribution < 1.29 is 27.4 Å². The molecule has 8 nitrogen and oxygen atoms in total. The van der Waals surface area contributed by atoms with Crippen molar-refractivity contribution in [1.29, 1.82) is 0 Å². The van der Waals surface area contributed by atoms with Gasteiger partial charge in [0.05, 0.1) is 34.7 Å². The Morgan fingerprint density at radius 2 is 1.91 bits per heavy atom. The van der Waals surface area contributed by atoms with Gasteiger partial charge in [0.2, 0.25) is 10.0 Å². The van der Waals surface area contributed by atoms with Crippen LogP contribution in [0.15, 0.2) is 47.4 Å². The van der Waals surface area contributed by atoms with Crippen LogP contribution < -0.4 is 4.74 Å². The first kappa shape index (κ1) is 23.2. The number of halogens is 1. The minimum Gasteiger partial charge on any atom is -0.491 e. The third-order valence-corrected chi connectivity index (χ3v) is 7.60. The monoisotopic (exact) mass is 475 g/mol. The van der Waals surface area contributed by atoms with Crippen LogP contribution in [0.1, 0.15) is 32.5 Å². The quantitative estimate of drug-likeness (QED) is 0.562. The molecule has 0 amide bonds. The van der Waals surface area contributed by atoms with E-state index in [2.05, 4.69) is 5.10 Å². The summed E-state index contributed by atoms with van der Waals surface area (Å²) >= 11 is 0. The van der Waals surface area contributed by atoms with Gasteiger partial charge in [0.15, 0.2) is 0 Å². The highest BCUT2D eigenvalue weighted by Crippen LogP contribution is 2.35. The van der Waals surface area contributed by atoms with Crippen LogP contribution in [0.2, 0.25) is 0 Å². The van der Waals surface area contributed by atoms with Crippen LogP contribution in [0, 0.1) is 11.7 Å². The number of ether oxygens (including phenoxy) is 1.